The maximum Gasteiger partial charge on any atom is 0.289 e. The number of ether oxygens (including phenoxy) is 1. The number of benzene rings is 1. The van der Waals surface area contributed by atoms with Crippen molar-refractivity contribution >= 4 is 16.9 Å². The molecule has 2 aromatic rings. The highest BCUT2D eigenvalue weighted by atomic mass is 16.5. The number of carbonyl (C=O) groups excluding carboxylic acids is 1. The van der Waals surface area contributed by atoms with Crippen LogP contribution in [0.5, 0.6) is 5.75 Å². The molecular formula is C21H28N2O3. The van der Waals surface area contributed by atoms with Gasteiger partial charge < -0.3 is 14.1 Å². The van der Waals surface area contributed by atoms with Crippen LogP contribution in [0, 0.1) is 5.92 Å². The number of piperidine rings is 1. The third-order valence-corrected chi connectivity index (χ3v) is 5.88. The number of rotatable bonds is 4. The Morgan fingerprint density at radius 3 is 2.85 bits per heavy atom. The van der Waals surface area contributed by atoms with Crippen molar-refractivity contribution in [2.75, 3.05) is 33.3 Å². The van der Waals surface area contributed by atoms with E-state index < -0.39 is 0 Å². The molecule has 0 aliphatic carbocycles. The molecule has 2 aliphatic heterocycles. The topological polar surface area (TPSA) is 45.9 Å². The van der Waals surface area contributed by atoms with Crippen LogP contribution >= 0.6 is 0 Å². The molecule has 5 nitrogen and oxygen atoms in total. The molecule has 1 atom stereocenters. The van der Waals surface area contributed by atoms with Crippen LogP contribution < -0.4 is 4.74 Å². The van der Waals surface area contributed by atoms with Crippen molar-refractivity contribution in [1.29, 1.82) is 0 Å². The van der Waals surface area contributed by atoms with Crippen LogP contribution in [0.3, 0.4) is 0 Å². The lowest BCUT2D eigenvalue weighted by molar-refractivity contribution is -0.0652. The molecule has 0 saturated carbocycles. The van der Waals surface area contributed by atoms with Gasteiger partial charge in [-0.05, 0) is 37.3 Å². The average molecular weight is 356 g/mol. The first-order valence-corrected chi connectivity index (χ1v) is 9.63. The molecule has 0 radical (unpaired) electrons. The molecule has 1 amide bonds. The number of methoxy groups -OCH3 is 1. The molecule has 2 fully saturated rings. The molecule has 140 valence electrons. The Morgan fingerprint density at radius 2 is 2.15 bits per heavy atom. The van der Waals surface area contributed by atoms with E-state index in [0.717, 1.165) is 38.0 Å². The first-order valence-electron chi connectivity index (χ1n) is 9.63. The Bertz CT molecular complexity index is 813. The molecule has 0 unspecified atom stereocenters. The Kier molecular flexibility index (Phi) is 4.43. The predicted octanol–water partition coefficient (Wildman–Crippen LogP) is 3.78. The van der Waals surface area contributed by atoms with E-state index in [4.69, 9.17) is 9.15 Å². The zero-order valence-corrected chi connectivity index (χ0v) is 16.0. The summed E-state index contributed by atoms with van der Waals surface area (Å²) < 4.78 is 11.2. The summed E-state index contributed by atoms with van der Waals surface area (Å²) in [6.07, 6.45) is 3.44. The third kappa shape index (κ3) is 2.88. The molecule has 5 heteroatoms. The molecule has 26 heavy (non-hydrogen) atoms. The molecule has 0 N–H and O–H groups in total. The standard InChI is InChI=1S/C21H28N2O3/c1-15(2)13-23-11-9-21(23)8-5-10-22(14-21)20(24)18-12-16-6-4-7-17(25-3)19(16)26-18/h4,6-7,12,15H,5,8-11,13-14H2,1-3H3/t21-/m0/s1. The summed E-state index contributed by atoms with van der Waals surface area (Å²) in [7, 11) is 1.62. The number of nitrogens with zero attached hydrogens (tertiary/aromatic N) is 2. The first kappa shape index (κ1) is 17.4. The van der Waals surface area contributed by atoms with E-state index >= 15 is 0 Å². The Labute approximate surface area is 154 Å². The van der Waals surface area contributed by atoms with Gasteiger partial charge in [0, 0.05) is 37.1 Å². The van der Waals surface area contributed by atoms with Crippen molar-refractivity contribution in [3.63, 3.8) is 0 Å². The second-order valence-corrected chi connectivity index (χ2v) is 8.13. The highest BCUT2D eigenvalue weighted by Gasteiger charge is 2.48. The summed E-state index contributed by atoms with van der Waals surface area (Å²) in [6.45, 7) is 8.42. The van der Waals surface area contributed by atoms with Crippen molar-refractivity contribution in [3.8, 4) is 5.75 Å². The van der Waals surface area contributed by atoms with Crippen molar-refractivity contribution in [2.45, 2.75) is 38.6 Å². The normalized spacial score (nSPS) is 23.6. The molecule has 1 aromatic carbocycles. The van der Waals surface area contributed by atoms with Crippen LogP contribution in [0.25, 0.3) is 11.0 Å². The van der Waals surface area contributed by atoms with Gasteiger partial charge in [0.25, 0.3) is 5.91 Å². The maximum atomic E-state index is 13.1. The number of likely N-dealkylation sites (tertiary alicyclic amines) is 2. The lowest BCUT2D eigenvalue weighted by Crippen LogP contribution is -2.67. The van der Waals surface area contributed by atoms with Crippen LogP contribution in [-0.4, -0.2) is 54.5 Å². The molecule has 2 saturated heterocycles. The predicted molar refractivity (Wildman–Crippen MR) is 102 cm³/mol. The zero-order valence-electron chi connectivity index (χ0n) is 16.0. The highest BCUT2D eigenvalue weighted by Crippen LogP contribution is 2.39. The average Bonchev–Trinajstić information content (AvgIpc) is 3.09. The third-order valence-electron chi connectivity index (χ3n) is 5.88. The van der Waals surface area contributed by atoms with Crippen LogP contribution in [0.2, 0.25) is 0 Å². The largest absolute Gasteiger partial charge is 0.493 e. The number of fused-ring (bicyclic) bond motifs is 1. The fraction of sp³-hybridized carbons (Fsp3) is 0.571. The van der Waals surface area contributed by atoms with Gasteiger partial charge in [0.15, 0.2) is 17.1 Å². The number of carbonyl (C=O) groups is 1. The number of amides is 1. The second kappa shape index (κ2) is 6.62. The minimum Gasteiger partial charge on any atom is -0.493 e. The number of hydrogen-bond donors (Lipinski definition) is 0. The van der Waals surface area contributed by atoms with Gasteiger partial charge in [0.1, 0.15) is 0 Å². The molecule has 1 spiro atoms. The number of para-hydroxylation sites is 1. The smallest absolute Gasteiger partial charge is 0.289 e. The van der Waals surface area contributed by atoms with Gasteiger partial charge in [0.2, 0.25) is 0 Å². The van der Waals surface area contributed by atoms with Gasteiger partial charge in [-0.1, -0.05) is 26.0 Å². The minimum atomic E-state index is -0.00118. The Morgan fingerprint density at radius 1 is 1.31 bits per heavy atom. The van der Waals surface area contributed by atoms with Crippen LogP contribution in [0.4, 0.5) is 0 Å². The van der Waals surface area contributed by atoms with Gasteiger partial charge >= 0.3 is 0 Å². The fourth-order valence-electron chi connectivity index (χ4n) is 4.52. The fourth-order valence-corrected chi connectivity index (χ4v) is 4.52. The van der Waals surface area contributed by atoms with E-state index in [2.05, 4.69) is 18.7 Å². The zero-order chi connectivity index (χ0) is 18.3. The van der Waals surface area contributed by atoms with E-state index in [9.17, 15) is 4.79 Å². The lowest BCUT2D eigenvalue weighted by Gasteiger charge is -2.57. The van der Waals surface area contributed by atoms with E-state index in [0.29, 0.717) is 23.0 Å². The molecule has 3 heterocycles. The van der Waals surface area contributed by atoms with Gasteiger partial charge in [-0.2, -0.15) is 0 Å². The maximum absolute atomic E-state index is 13.1. The molecule has 2 aliphatic rings. The number of hydrogen-bond acceptors (Lipinski definition) is 4. The van der Waals surface area contributed by atoms with Crippen molar-refractivity contribution in [3.05, 3.63) is 30.0 Å². The SMILES string of the molecule is COc1cccc2cc(C(=O)N3CCC[C@]4(CCN4CC(C)C)C3)oc12. The first-order chi connectivity index (χ1) is 12.5. The molecule has 0 bridgehead atoms. The Balaban J connectivity index is 1.55. The summed E-state index contributed by atoms with van der Waals surface area (Å²) in [5, 5.41) is 0.907. The monoisotopic (exact) mass is 356 g/mol. The van der Waals surface area contributed by atoms with Gasteiger partial charge in [-0.15, -0.1) is 0 Å². The van der Waals surface area contributed by atoms with Crippen LogP contribution in [-0.2, 0) is 0 Å². The lowest BCUT2D eigenvalue weighted by atomic mass is 9.77. The van der Waals surface area contributed by atoms with Crippen molar-refractivity contribution < 1.29 is 13.9 Å². The van der Waals surface area contributed by atoms with E-state index in [1.165, 1.54) is 12.8 Å². The minimum absolute atomic E-state index is 0.00118. The van der Waals surface area contributed by atoms with Gasteiger partial charge in [-0.3, -0.25) is 9.69 Å². The van der Waals surface area contributed by atoms with Crippen molar-refractivity contribution in [1.82, 2.24) is 9.80 Å². The van der Waals surface area contributed by atoms with Crippen molar-refractivity contribution in [2.24, 2.45) is 5.92 Å². The quantitative estimate of drug-likeness (QED) is 0.836. The summed E-state index contributed by atoms with van der Waals surface area (Å²) in [4.78, 5) is 17.7. The van der Waals surface area contributed by atoms with E-state index in [-0.39, 0.29) is 11.4 Å². The Hall–Kier alpha value is -2.01. The van der Waals surface area contributed by atoms with Gasteiger partial charge in [0.05, 0.1) is 7.11 Å². The summed E-state index contributed by atoms with van der Waals surface area (Å²) in [5.41, 5.74) is 0.831. The highest BCUT2D eigenvalue weighted by molar-refractivity contribution is 5.97. The molecular weight excluding hydrogens is 328 g/mol. The van der Waals surface area contributed by atoms with E-state index in [1.807, 2.05) is 29.2 Å². The molecule has 1 aromatic heterocycles. The number of furan rings is 1. The summed E-state index contributed by atoms with van der Waals surface area (Å²) >= 11 is 0. The molecule has 4 rings (SSSR count). The van der Waals surface area contributed by atoms with Crippen LogP contribution in [0.1, 0.15) is 43.7 Å². The van der Waals surface area contributed by atoms with Gasteiger partial charge in [-0.25, -0.2) is 0 Å². The summed E-state index contributed by atoms with van der Waals surface area (Å²) in [5.74, 6) is 1.73. The second-order valence-electron chi connectivity index (χ2n) is 8.13. The summed E-state index contributed by atoms with van der Waals surface area (Å²) in [6, 6.07) is 7.56. The van der Waals surface area contributed by atoms with Crippen LogP contribution in [0.15, 0.2) is 28.7 Å². The van der Waals surface area contributed by atoms with E-state index in [1.54, 1.807) is 7.11 Å².